The van der Waals surface area contributed by atoms with Gasteiger partial charge in [-0.2, -0.15) is 0 Å². The van der Waals surface area contributed by atoms with Crippen molar-refractivity contribution in [3.05, 3.63) is 0 Å². The van der Waals surface area contributed by atoms with Crippen LogP contribution < -0.4 is 5.32 Å². The van der Waals surface area contributed by atoms with Crippen molar-refractivity contribution in [2.24, 2.45) is 5.92 Å². The maximum atomic E-state index is 3.73. The SMILES string of the molecule is CC1CCC(N2CCCC2C2CCCN2)CC1. The van der Waals surface area contributed by atoms with Crippen LogP contribution in [0.15, 0.2) is 0 Å². The molecule has 3 aliphatic rings. The lowest BCUT2D eigenvalue weighted by Gasteiger charge is -2.39. The molecule has 0 aromatic rings. The normalized spacial score (nSPS) is 44.3. The summed E-state index contributed by atoms with van der Waals surface area (Å²) in [5.74, 6) is 0.983. The van der Waals surface area contributed by atoms with Crippen molar-refractivity contribution in [1.29, 1.82) is 0 Å². The number of hydrogen-bond acceptors (Lipinski definition) is 2. The quantitative estimate of drug-likeness (QED) is 0.793. The first-order valence-electron chi connectivity index (χ1n) is 7.84. The Balaban J connectivity index is 1.61. The number of nitrogens with zero attached hydrogens (tertiary/aromatic N) is 1. The van der Waals surface area contributed by atoms with E-state index in [1.807, 2.05) is 0 Å². The second kappa shape index (κ2) is 5.27. The molecule has 0 radical (unpaired) electrons. The molecule has 2 heterocycles. The minimum Gasteiger partial charge on any atom is -0.312 e. The maximum absolute atomic E-state index is 3.73. The third kappa shape index (κ3) is 2.53. The van der Waals surface area contributed by atoms with Gasteiger partial charge in [-0.05, 0) is 70.4 Å². The predicted octanol–water partition coefficient (Wildman–Crippen LogP) is 2.78. The number of hydrogen-bond donors (Lipinski definition) is 1. The highest BCUT2D eigenvalue weighted by atomic mass is 15.2. The van der Waals surface area contributed by atoms with Gasteiger partial charge in [0.1, 0.15) is 0 Å². The summed E-state index contributed by atoms with van der Waals surface area (Å²) in [7, 11) is 0. The van der Waals surface area contributed by atoms with E-state index in [9.17, 15) is 0 Å². The second-order valence-electron chi connectivity index (χ2n) is 6.56. The first-order valence-corrected chi connectivity index (χ1v) is 7.84. The third-order valence-electron chi connectivity index (χ3n) is 5.36. The zero-order chi connectivity index (χ0) is 11.7. The van der Waals surface area contributed by atoms with E-state index in [-0.39, 0.29) is 0 Å². The fourth-order valence-electron chi connectivity index (χ4n) is 4.31. The molecule has 1 aliphatic carbocycles. The van der Waals surface area contributed by atoms with Crippen LogP contribution in [-0.2, 0) is 0 Å². The van der Waals surface area contributed by atoms with Crippen molar-refractivity contribution in [3.63, 3.8) is 0 Å². The van der Waals surface area contributed by atoms with Crippen molar-refractivity contribution < 1.29 is 0 Å². The molecule has 2 atom stereocenters. The van der Waals surface area contributed by atoms with Crippen molar-refractivity contribution in [2.75, 3.05) is 13.1 Å². The number of nitrogens with one attached hydrogen (secondary N) is 1. The predicted molar refractivity (Wildman–Crippen MR) is 72.2 cm³/mol. The van der Waals surface area contributed by atoms with Gasteiger partial charge in [0.2, 0.25) is 0 Å². The molecule has 2 saturated heterocycles. The monoisotopic (exact) mass is 236 g/mol. The Hall–Kier alpha value is -0.0800. The van der Waals surface area contributed by atoms with Gasteiger partial charge in [0.05, 0.1) is 0 Å². The van der Waals surface area contributed by atoms with E-state index >= 15 is 0 Å². The van der Waals surface area contributed by atoms with Gasteiger partial charge >= 0.3 is 0 Å². The van der Waals surface area contributed by atoms with Gasteiger partial charge in [-0.3, -0.25) is 4.90 Å². The molecule has 98 valence electrons. The van der Waals surface area contributed by atoms with Gasteiger partial charge in [0, 0.05) is 18.1 Å². The lowest BCUT2D eigenvalue weighted by Crippen LogP contribution is -2.49. The van der Waals surface area contributed by atoms with Crippen molar-refractivity contribution in [1.82, 2.24) is 10.2 Å². The Kier molecular flexibility index (Phi) is 3.72. The summed E-state index contributed by atoms with van der Waals surface area (Å²) in [6.07, 6.45) is 11.6. The standard InChI is InChI=1S/C15H28N2/c1-12-6-8-13(9-7-12)17-11-3-5-15(17)14-4-2-10-16-14/h12-16H,2-11H2,1H3. The Labute approximate surface area is 106 Å². The summed E-state index contributed by atoms with van der Waals surface area (Å²) in [5, 5.41) is 3.73. The zero-order valence-electron chi connectivity index (χ0n) is 11.3. The Morgan fingerprint density at radius 1 is 0.941 bits per heavy atom. The lowest BCUT2D eigenvalue weighted by molar-refractivity contribution is 0.110. The molecule has 0 spiro atoms. The van der Waals surface area contributed by atoms with Crippen LogP contribution in [0.1, 0.15) is 58.3 Å². The van der Waals surface area contributed by atoms with E-state index in [4.69, 9.17) is 0 Å². The van der Waals surface area contributed by atoms with E-state index in [0.717, 1.165) is 24.0 Å². The van der Waals surface area contributed by atoms with Gasteiger partial charge in [-0.1, -0.05) is 6.92 Å². The fraction of sp³-hybridized carbons (Fsp3) is 1.00. The maximum Gasteiger partial charge on any atom is 0.0252 e. The van der Waals surface area contributed by atoms with Crippen LogP contribution in [0.5, 0.6) is 0 Å². The third-order valence-corrected chi connectivity index (χ3v) is 5.36. The summed E-state index contributed by atoms with van der Waals surface area (Å²) in [4.78, 5) is 2.88. The minimum atomic E-state index is 0.817. The van der Waals surface area contributed by atoms with Gasteiger partial charge in [-0.15, -0.1) is 0 Å². The van der Waals surface area contributed by atoms with Crippen LogP contribution in [-0.4, -0.2) is 36.1 Å². The molecule has 2 heteroatoms. The average Bonchev–Trinajstić information content (AvgIpc) is 3.00. The molecule has 3 rings (SSSR count). The molecular formula is C15H28N2. The topological polar surface area (TPSA) is 15.3 Å². The fourth-order valence-corrected chi connectivity index (χ4v) is 4.31. The van der Waals surface area contributed by atoms with Gasteiger partial charge in [0.25, 0.3) is 0 Å². The second-order valence-corrected chi connectivity index (χ2v) is 6.56. The lowest BCUT2D eigenvalue weighted by atomic mass is 9.86. The molecule has 0 bridgehead atoms. The van der Waals surface area contributed by atoms with Crippen LogP contribution in [0.2, 0.25) is 0 Å². The van der Waals surface area contributed by atoms with E-state index < -0.39 is 0 Å². The Bertz CT molecular complexity index is 239. The zero-order valence-corrected chi connectivity index (χ0v) is 11.3. The smallest absolute Gasteiger partial charge is 0.0252 e. The molecule has 3 fully saturated rings. The average molecular weight is 236 g/mol. The van der Waals surface area contributed by atoms with Gasteiger partial charge in [0.15, 0.2) is 0 Å². The van der Waals surface area contributed by atoms with Crippen LogP contribution in [0.25, 0.3) is 0 Å². The van der Waals surface area contributed by atoms with Gasteiger partial charge < -0.3 is 5.32 Å². The van der Waals surface area contributed by atoms with E-state index in [1.165, 1.54) is 64.5 Å². The van der Waals surface area contributed by atoms with Crippen molar-refractivity contribution in [3.8, 4) is 0 Å². The molecule has 17 heavy (non-hydrogen) atoms. The Morgan fingerprint density at radius 3 is 2.47 bits per heavy atom. The number of likely N-dealkylation sites (tertiary alicyclic amines) is 1. The minimum absolute atomic E-state index is 0.817. The summed E-state index contributed by atoms with van der Waals surface area (Å²) in [6, 6.07) is 2.61. The summed E-state index contributed by atoms with van der Waals surface area (Å²) >= 11 is 0. The molecule has 2 nitrogen and oxygen atoms in total. The highest BCUT2D eigenvalue weighted by molar-refractivity contribution is 4.95. The van der Waals surface area contributed by atoms with E-state index in [2.05, 4.69) is 17.1 Å². The van der Waals surface area contributed by atoms with Crippen LogP contribution in [0, 0.1) is 5.92 Å². The highest BCUT2D eigenvalue weighted by Crippen LogP contribution is 2.33. The van der Waals surface area contributed by atoms with Crippen LogP contribution in [0.4, 0.5) is 0 Å². The molecule has 2 aliphatic heterocycles. The van der Waals surface area contributed by atoms with Crippen molar-refractivity contribution in [2.45, 2.75) is 76.4 Å². The Morgan fingerprint density at radius 2 is 1.76 bits per heavy atom. The summed E-state index contributed by atoms with van der Waals surface area (Å²) in [5.41, 5.74) is 0. The molecule has 1 saturated carbocycles. The molecular weight excluding hydrogens is 208 g/mol. The highest BCUT2D eigenvalue weighted by Gasteiger charge is 2.37. The molecule has 2 unspecified atom stereocenters. The first-order chi connectivity index (χ1) is 8.34. The van der Waals surface area contributed by atoms with E-state index in [1.54, 1.807) is 0 Å². The van der Waals surface area contributed by atoms with E-state index in [0.29, 0.717) is 0 Å². The first kappa shape index (κ1) is 12.0. The largest absolute Gasteiger partial charge is 0.312 e. The van der Waals surface area contributed by atoms with Crippen molar-refractivity contribution >= 4 is 0 Å². The number of rotatable bonds is 2. The van der Waals surface area contributed by atoms with Gasteiger partial charge in [-0.25, -0.2) is 0 Å². The molecule has 1 N–H and O–H groups in total. The summed E-state index contributed by atoms with van der Waals surface area (Å²) in [6.45, 7) is 5.06. The van der Waals surface area contributed by atoms with Crippen LogP contribution >= 0.6 is 0 Å². The summed E-state index contributed by atoms with van der Waals surface area (Å²) < 4.78 is 0. The van der Waals surface area contributed by atoms with Crippen LogP contribution in [0.3, 0.4) is 0 Å². The molecule has 0 aromatic carbocycles. The molecule has 0 aromatic heterocycles. The molecule has 0 amide bonds.